The highest BCUT2D eigenvalue weighted by Crippen LogP contribution is 2.39. The van der Waals surface area contributed by atoms with Crippen LogP contribution in [0.3, 0.4) is 0 Å². The number of hydrazone groups is 1. The molecule has 150 valence electrons. The van der Waals surface area contributed by atoms with E-state index in [9.17, 15) is 19.5 Å². The third-order valence-corrected chi connectivity index (χ3v) is 4.84. The lowest BCUT2D eigenvalue weighted by atomic mass is 9.87. The molecule has 0 saturated heterocycles. The van der Waals surface area contributed by atoms with Crippen LogP contribution in [0.1, 0.15) is 17.5 Å². The Morgan fingerprint density at radius 3 is 2.59 bits per heavy atom. The number of nitrogens with zero attached hydrogens (tertiary/aromatic N) is 1. The summed E-state index contributed by atoms with van der Waals surface area (Å²) in [4.78, 5) is 35.6. The molecule has 0 bridgehead atoms. The second-order valence-electron chi connectivity index (χ2n) is 6.13. The van der Waals surface area contributed by atoms with Crippen LogP contribution in [0.4, 0.5) is 5.69 Å². The SMILES string of the molecule is NNC(=O)C(=O)N/N=C(\C[C@]1(O)C(=O)Nc2ccccc21)c1ccc(Cl)cc1Cl. The fourth-order valence-electron chi connectivity index (χ4n) is 2.87. The van der Waals surface area contributed by atoms with Crippen molar-refractivity contribution in [3.8, 4) is 0 Å². The van der Waals surface area contributed by atoms with Crippen molar-refractivity contribution in [3.63, 3.8) is 0 Å². The molecule has 0 fully saturated rings. The zero-order chi connectivity index (χ0) is 21.2. The molecule has 0 aliphatic carbocycles. The van der Waals surface area contributed by atoms with E-state index < -0.39 is 23.3 Å². The first kappa shape index (κ1) is 20.7. The van der Waals surface area contributed by atoms with Crippen LogP contribution in [0.5, 0.6) is 0 Å². The molecule has 9 nitrogen and oxygen atoms in total. The number of rotatable bonds is 4. The Bertz CT molecular complexity index is 1040. The third kappa shape index (κ3) is 4.08. The molecule has 1 aliphatic heterocycles. The van der Waals surface area contributed by atoms with Crippen molar-refractivity contribution in [2.75, 3.05) is 5.32 Å². The van der Waals surface area contributed by atoms with Crippen molar-refractivity contribution < 1.29 is 19.5 Å². The summed E-state index contributed by atoms with van der Waals surface area (Å²) in [7, 11) is 0. The van der Waals surface area contributed by atoms with E-state index in [0.29, 0.717) is 21.8 Å². The molecule has 0 radical (unpaired) electrons. The molecule has 3 amide bonds. The van der Waals surface area contributed by atoms with Gasteiger partial charge in [-0.25, -0.2) is 11.3 Å². The Kier molecular flexibility index (Phi) is 5.85. The summed E-state index contributed by atoms with van der Waals surface area (Å²) in [6, 6.07) is 11.1. The van der Waals surface area contributed by atoms with E-state index in [-0.39, 0.29) is 17.2 Å². The number of para-hydroxylation sites is 1. The second kappa shape index (κ2) is 8.18. The summed E-state index contributed by atoms with van der Waals surface area (Å²) in [6.07, 6.45) is -0.346. The molecule has 2 aromatic carbocycles. The summed E-state index contributed by atoms with van der Waals surface area (Å²) < 4.78 is 0. The number of nitrogens with one attached hydrogen (secondary N) is 3. The van der Waals surface area contributed by atoms with Crippen LogP contribution in [0.25, 0.3) is 0 Å². The summed E-state index contributed by atoms with van der Waals surface area (Å²) in [5, 5.41) is 18.2. The smallest absolute Gasteiger partial charge is 0.330 e. The van der Waals surface area contributed by atoms with E-state index in [4.69, 9.17) is 29.0 Å². The number of benzene rings is 2. The molecular formula is C18H15Cl2N5O4. The molecule has 6 N–H and O–H groups in total. The van der Waals surface area contributed by atoms with Gasteiger partial charge >= 0.3 is 11.8 Å². The highest BCUT2D eigenvalue weighted by Gasteiger charge is 2.46. The fourth-order valence-corrected chi connectivity index (χ4v) is 3.39. The van der Waals surface area contributed by atoms with Crippen LogP contribution >= 0.6 is 23.2 Å². The van der Waals surface area contributed by atoms with Gasteiger partial charge in [0.2, 0.25) is 0 Å². The van der Waals surface area contributed by atoms with Gasteiger partial charge in [-0.15, -0.1) is 0 Å². The Morgan fingerprint density at radius 2 is 1.90 bits per heavy atom. The minimum absolute atomic E-state index is 0.0409. The van der Waals surface area contributed by atoms with Crippen molar-refractivity contribution in [2.24, 2.45) is 10.9 Å². The first-order valence-electron chi connectivity index (χ1n) is 8.22. The molecular weight excluding hydrogens is 421 g/mol. The van der Waals surface area contributed by atoms with E-state index in [0.717, 1.165) is 0 Å². The molecule has 0 spiro atoms. The van der Waals surface area contributed by atoms with Gasteiger partial charge in [-0.1, -0.05) is 47.5 Å². The number of fused-ring (bicyclic) bond motifs is 1. The van der Waals surface area contributed by atoms with Gasteiger partial charge in [0.05, 0.1) is 10.7 Å². The summed E-state index contributed by atoms with van der Waals surface area (Å²) in [5.41, 5.74) is 2.86. The van der Waals surface area contributed by atoms with Crippen LogP contribution in [-0.2, 0) is 20.0 Å². The van der Waals surface area contributed by atoms with Gasteiger partial charge in [0.25, 0.3) is 5.91 Å². The molecule has 3 rings (SSSR count). The molecule has 29 heavy (non-hydrogen) atoms. The average Bonchev–Trinajstić information content (AvgIpc) is 2.95. The number of hydrogen-bond acceptors (Lipinski definition) is 6. The number of nitrogens with two attached hydrogens (primary N) is 1. The summed E-state index contributed by atoms with van der Waals surface area (Å²) in [6.45, 7) is 0. The van der Waals surface area contributed by atoms with Crippen LogP contribution in [0, 0.1) is 0 Å². The first-order chi connectivity index (χ1) is 13.8. The van der Waals surface area contributed by atoms with Crippen molar-refractivity contribution in [2.45, 2.75) is 12.0 Å². The number of hydrogen-bond donors (Lipinski definition) is 5. The predicted molar refractivity (Wildman–Crippen MR) is 107 cm³/mol. The topological polar surface area (TPSA) is 146 Å². The van der Waals surface area contributed by atoms with Gasteiger partial charge < -0.3 is 10.4 Å². The van der Waals surface area contributed by atoms with Gasteiger partial charge in [-0.2, -0.15) is 5.10 Å². The second-order valence-corrected chi connectivity index (χ2v) is 6.98. The number of halogens is 2. The summed E-state index contributed by atoms with van der Waals surface area (Å²) >= 11 is 12.2. The third-order valence-electron chi connectivity index (χ3n) is 4.29. The van der Waals surface area contributed by atoms with Crippen molar-refractivity contribution in [1.29, 1.82) is 0 Å². The largest absolute Gasteiger partial charge is 0.375 e. The van der Waals surface area contributed by atoms with Gasteiger partial charge in [0, 0.05) is 28.3 Å². The van der Waals surface area contributed by atoms with Crippen LogP contribution < -0.4 is 22.0 Å². The van der Waals surface area contributed by atoms with Gasteiger partial charge in [-0.05, 0) is 18.2 Å². The quantitative estimate of drug-likeness (QED) is 0.160. The van der Waals surface area contributed by atoms with Crippen molar-refractivity contribution >= 4 is 52.3 Å². The van der Waals surface area contributed by atoms with E-state index in [1.807, 2.05) is 5.43 Å². The lowest BCUT2D eigenvalue weighted by Crippen LogP contribution is -2.42. The maximum absolute atomic E-state index is 12.5. The number of hydrazine groups is 1. The molecule has 1 heterocycles. The molecule has 0 unspecified atom stereocenters. The van der Waals surface area contributed by atoms with E-state index in [1.54, 1.807) is 29.7 Å². The van der Waals surface area contributed by atoms with Gasteiger partial charge in [0.15, 0.2) is 5.60 Å². The van der Waals surface area contributed by atoms with Crippen LogP contribution in [0.2, 0.25) is 10.0 Å². The first-order valence-corrected chi connectivity index (χ1v) is 8.98. The zero-order valence-corrected chi connectivity index (χ0v) is 16.2. The number of amides is 3. The Labute approximate surface area is 174 Å². The predicted octanol–water partition coefficient (Wildman–Crippen LogP) is 1.03. The highest BCUT2D eigenvalue weighted by molar-refractivity contribution is 6.37. The lowest BCUT2D eigenvalue weighted by Gasteiger charge is -2.22. The molecule has 11 heteroatoms. The van der Waals surface area contributed by atoms with Gasteiger partial charge in [-0.3, -0.25) is 19.8 Å². The normalized spacial score (nSPS) is 18.1. The number of carbonyl (C=O) groups excluding carboxylic acids is 3. The minimum Gasteiger partial charge on any atom is -0.375 e. The standard InChI is InChI=1S/C18H15Cl2N5O4/c19-9-5-6-10(12(20)7-9)14(24-25-16(27)15(26)23-21)8-18(29)11-3-1-2-4-13(11)22-17(18)28/h1-7,29H,8,21H2,(H,22,28)(H,23,26)(H,25,27)/b24-14+/t18-/m1/s1. The molecule has 2 aromatic rings. The van der Waals surface area contributed by atoms with E-state index in [1.165, 1.54) is 18.2 Å². The molecule has 0 aromatic heterocycles. The molecule has 0 saturated carbocycles. The number of aliphatic hydroxyl groups is 1. The Balaban J connectivity index is 2.03. The Morgan fingerprint density at radius 1 is 1.17 bits per heavy atom. The zero-order valence-electron chi connectivity index (χ0n) is 14.7. The monoisotopic (exact) mass is 435 g/mol. The maximum Gasteiger partial charge on any atom is 0.330 e. The van der Waals surface area contributed by atoms with Crippen molar-refractivity contribution in [1.82, 2.24) is 10.9 Å². The number of anilines is 1. The van der Waals surface area contributed by atoms with E-state index in [2.05, 4.69) is 10.4 Å². The van der Waals surface area contributed by atoms with Crippen LogP contribution in [0.15, 0.2) is 47.6 Å². The highest BCUT2D eigenvalue weighted by atomic mass is 35.5. The van der Waals surface area contributed by atoms with Crippen LogP contribution in [-0.4, -0.2) is 28.5 Å². The molecule has 1 atom stereocenters. The molecule has 1 aliphatic rings. The Hall–Kier alpha value is -2.98. The lowest BCUT2D eigenvalue weighted by molar-refractivity contribution is -0.139. The van der Waals surface area contributed by atoms with E-state index >= 15 is 0 Å². The maximum atomic E-state index is 12.5. The van der Waals surface area contributed by atoms with Crippen molar-refractivity contribution in [3.05, 3.63) is 63.6 Å². The van der Waals surface area contributed by atoms with Gasteiger partial charge in [0.1, 0.15) is 0 Å². The summed E-state index contributed by atoms with van der Waals surface area (Å²) in [5.74, 6) is 1.99. The average molecular weight is 436 g/mol. The fraction of sp³-hybridized carbons (Fsp3) is 0.111. The minimum atomic E-state index is -1.97. The number of carbonyl (C=O) groups is 3.